The fraction of sp³-hybridized carbons (Fsp3) is 0.500. The van der Waals surface area contributed by atoms with E-state index in [0.29, 0.717) is 16.8 Å². The molecule has 0 aromatic carbocycles. The number of carbonyl (C=O) groups is 2. The van der Waals surface area contributed by atoms with Crippen molar-refractivity contribution >= 4 is 11.9 Å². The van der Waals surface area contributed by atoms with E-state index in [1.54, 1.807) is 20.8 Å². The van der Waals surface area contributed by atoms with Crippen molar-refractivity contribution in [2.24, 2.45) is 5.73 Å². The first-order valence-corrected chi connectivity index (χ1v) is 6.62. The summed E-state index contributed by atoms with van der Waals surface area (Å²) >= 11 is 0. The van der Waals surface area contributed by atoms with Crippen molar-refractivity contribution in [2.45, 2.75) is 27.3 Å². The molecular weight excluding hydrogens is 276 g/mol. The number of nitrogens with two attached hydrogens (primary N) is 1. The summed E-state index contributed by atoms with van der Waals surface area (Å²) in [7, 11) is 0. The number of amides is 1. The molecule has 21 heavy (non-hydrogen) atoms. The number of carbonyl (C=O) groups excluding carboxylic acids is 2. The third-order valence-corrected chi connectivity index (χ3v) is 2.95. The number of primary amides is 1. The van der Waals surface area contributed by atoms with Crippen LogP contribution in [-0.2, 0) is 20.8 Å². The molecule has 116 valence electrons. The largest absolute Gasteiger partial charge is 0.462 e. The molecule has 1 aromatic heterocycles. The van der Waals surface area contributed by atoms with Crippen molar-refractivity contribution in [3.63, 3.8) is 0 Å². The Balaban J connectivity index is 2.99. The summed E-state index contributed by atoms with van der Waals surface area (Å²) in [4.78, 5) is 34.5. The van der Waals surface area contributed by atoms with Crippen LogP contribution in [0.15, 0.2) is 10.9 Å². The second kappa shape index (κ2) is 7.58. The summed E-state index contributed by atoms with van der Waals surface area (Å²) in [5.41, 5.74) is 6.19. The molecule has 0 aliphatic rings. The van der Waals surface area contributed by atoms with Gasteiger partial charge in [-0.15, -0.1) is 0 Å². The van der Waals surface area contributed by atoms with Crippen molar-refractivity contribution in [1.82, 2.24) is 4.57 Å². The molecular formula is C14H20N2O5. The molecule has 1 amide bonds. The van der Waals surface area contributed by atoms with Crippen LogP contribution in [-0.4, -0.2) is 36.3 Å². The van der Waals surface area contributed by atoms with Gasteiger partial charge in [-0.05, 0) is 26.3 Å². The number of nitrogens with zero attached hydrogens (tertiary/aromatic N) is 1. The van der Waals surface area contributed by atoms with Gasteiger partial charge in [-0.1, -0.05) is 0 Å². The number of hydrogen-bond donors (Lipinski definition) is 1. The fourth-order valence-electron chi connectivity index (χ4n) is 2.04. The highest BCUT2D eigenvalue weighted by molar-refractivity contribution is 5.92. The molecule has 7 nitrogen and oxygen atoms in total. The van der Waals surface area contributed by atoms with E-state index in [4.69, 9.17) is 15.2 Å². The lowest BCUT2D eigenvalue weighted by Gasteiger charge is -2.15. The quantitative estimate of drug-likeness (QED) is 0.570. The van der Waals surface area contributed by atoms with Crippen molar-refractivity contribution in [3.8, 4) is 0 Å². The van der Waals surface area contributed by atoms with Crippen LogP contribution in [0, 0.1) is 13.8 Å². The Morgan fingerprint density at radius 3 is 2.57 bits per heavy atom. The lowest BCUT2D eigenvalue weighted by molar-refractivity contribution is -0.122. The summed E-state index contributed by atoms with van der Waals surface area (Å²) in [5.74, 6) is -1.03. The monoisotopic (exact) mass is 296 g/mol. The van der Waals surface area contributed by atoms with Crippen LogP contribution in [0.2, 0.25) is 0 Å². The van der Waals surface area contributed by atoms with Crippen LogP contribution in [0.5, 0.6) is 0 Å². The van der Waals surface area contributed by atoms with Crippen molar-refractivity contribution < 1.29 is 19.1 Å². The Labute approximate surface area is 122 Å². The maximum absolute atomic E-state index is 12.0. The van der Waals surface area contributed by atoms with E-state index in [9.17, 15) is 14.4 Å². The van der Waals surface area contributed by atoms with E-state index in [1.807, 2.05) is 0 Å². The fourth-order valence-corrected chi connectivity index (χ4v) is 2.04. The average Bonchev–Trinajstić information content (AvgIpc) is 2.37. The molecule has 1 heterocycles. The first-order chi connectivity index (χ1) is 9.88. The molecule has 0 aliphatic carbocycles. The molecule has 1 rings (SSSR count). The first-order valence-electron chi connectivity index (χ1n) is 6.62. The van der Waals surface area contributed by atoms with Gasteiger partial charge in [-0.3, -0.25) is 9.59 Å². The molecule has 0 aliphatic heterocycles. The Kier molecular flexibility index (Phi) is 6.10. The van der Waals surface area contributed by atoms with Crippen LogP contribution >= 0.6 is 0 Å². The van der Waals surface area contributed by atoms with Crippen LogP contribution in [0.4, 0.5) is 0 Å². The third kappa shape index (κ3) is 4.42. The Morgan fingerprint density at radius 2 is 2.00 bits per heavy atom. The van der Waals surface area contributed by atoms with Gasteiger partial charge in [0, 0.05) is 18.3 Å². The van der Waals surface area contributed by atoms with Gasteiger partial charge in [0.25, 0.3) is 5.56 Å². The lowest BCUT2D eigenvalue weighted by atomic mass is 10.1. The van der Waals surface area contributed by atoms with Gasteiger partial charge in [0.1, 0.15) is 6.61 Å². The average molecular weight is 296 g/mol. The summed E-state index contributed by atoms with van der Waals surface area (Å²) in [6.45, 7) is 5.52. The second-order valence-corrected chi connectivity index (χ2v) is 4.52. The van der Waals surface area contributed by atoms with E-state index in [1.165, 1.54) is 10.6 Å². The maximum Gasteiger partial charge on any atom is 0.340 e. The number of aryl methyl sites for hydroxylation is 1. The van der Waals surface area contributed by atoms with E-state index in [0.717, 1.165) is 0 Å². The van der Waals surface area contributed by atoms with E-state index >= 15 is 0 Å². The molecule has 0 fully saturated rings. The molecule has 0 saturated carbocycles. The Hall–Kier alpha value is -2.15. The van der Waals surface area contributed by atoms with Crippen LogP contribution in [0.1, 0.15) is 28.5 Å². The molecule has 7 heteroatoms. The topological polar surface area (TPSA) is 101 Å². The van der Waals surface area contributed by atoms with Crippen molar-refractivity contribution in [3.05, 3.63) is 33.2 Å². The van der Waals surface area contributed by atoms with Crippen LogP contribution in [0.3, 0.4) is 0 Å². The van der Waals surface area contributed by atoms with Gasteiger partial charge in [-0.2, -0.15) is 0 Å². The zero-order valence-electron chi connectivity index (χ0n) is 12.5. The zero-order chi connectivity index (χ0) is 16.0. The first kappa shape index (κ1) is 16.9. The van der Waals surface area contributed by atoms with Gasteiger partial charge in [0.2, 0.25) is 5.91 Å². The number of aromatic nitrogens is 1. The number of hydrogen-bond acceptors (Lipinski definition) is 5. The number of esters is 1. The molecule has 2 N–H and O–H groups in total. The SMILES string of the molecule is CCOC(=O)c1c(C)cc(=O)n(CCOCC(N)=O)c1C. The molecule has 0 atom stereocenters. The molecule has 0 unspecified atom stereocenters. The van der Waals surface area contributed by atoms with Gasteiger partial charge in [-0.25, -0.2) is 4.79 Å². The number of ether oxygens (including phenoxy) is 2. The smallest absolute Gasteiger partial charge is 0.340 e. The van der Waals surface area contributed by atoms with Gasteiger partial charge in [0.15, 0.2) is 0 Å². The van der Waals surface area contributed by atoms with Crippen molar-refractivity contribution in [2.75, 3.05) is 19.8 Å². The highest BCUT2D eigenvalue weighted by atomic mass is 16.5. The summed E-state index contributed by atoms with van der Waals surface area (Å²) < 4.78 is 11.4. The van der Waals surface area contributed by atoms with Gasteiger partial charge in [0.05, 0.1) is 18.8 Å². The molecule has 0 spiro atoms. The lowest BCUT2D eigenvalue weighted by Crippen LogP contribution is -2.28. The normalized spacial score (nSPS) is 10.4. The van der Waals surface area contributed by atoms with E-state index in [-0.39, 0.29) is 31.9 Å². The molecule has 0 radical (unpaired) electrons. The Bertz CT molecular complexity index is 592. The summed E-state index contributed by atoms with van der Waals surface area (Å²) in [6, 6.07) is 1.38. The molecule has 1 aromatic rings. The molecule has 0 bridgehead atoms. The summed E-state index contributed by atoms with van der Waals surface area (Å²) in [6.07, 6.45) is 0. The second-order valence-electron chi connectivity index (χ2n) is 4.52. The minimum Gasteiger partial charge on any atom is -0.462 e. The van der Waals surface area contributed by atoms with Crippen LogP contribution < -0.4 is 11.3 Å². The zero-order valence-corrected chi connectivity index (χ0v) is 12.5. The molecule has 0 saturated heterocycles. The van der Waals surface area contributed by atoms with E-state index in [2.05, 4.69) is 0 Å². The van der Waals surface area contributed by atoms with Gasteiger partial charge < -0.3 is 19.8 Å². The number of rotatable bonds is 7. The third-order valence-electron chi connectivity index (χ3n) is 2.95. The highest BCUT2D eigenvalue weighted by Gasteiger charge is 2.17. The van der Waals surface area contributed by atoms with Crippen molar-refractivity contribution in [1.29, 1.82) is 0 Å². The number of pyridine rings is 1. The minimum absolute atomic E-state index is 0.148. The minimum atomic E-state index is -0.574. The standard InChI is InChI=1S/C14H20N2O5/c1-4-21-14(19)13-9(2)7-12(18)16(10(13)3)5-6-20-8-11(15)17/h7H,4-6,8H2,1-3H3,(H2,15,17). The highest BCUT2D eigenvalue weighted by Crippen LogP contribution is 2.13. The Morgan fingerprint density at radius 1 is 1.33 bits per heavy atom. The maximum atomic E-state index is 12.0. The van der Waals surface area contributed by atoms with Crippen LogP contribution in [0.25, 0.3) is 0 Å². The predicted octanol–water partition coefficient (Wildman–Crippen LogP) is 0.144. The van der Waals surface area contributed by atoms with E-state index < -0.39 is 11.9 Å². The van der Waals surface area contributed by atoms with Gasteiger partial charge >= 0.3 is 5.97 Å². The summed E-state index contributed by atoms with van der Waals surface area (Å²) in [5, 5.41) is 0. The predicted molar refractivity (Wildman–Crippen MR) is 76.1 cm³/mol.